The van der Waals surface area contributed by atoms with Crippen LogP contribution in [0.25, 0.3) is 5.65 Å². The van der Waals surface area contributed by atoms with Crippen molar-refractivity contribution < 1.29 is 9.53 Å². The van der Waals surface area contributed by atoms with Crippen molar-refractivity contribution in [3.05, 3.63) is 35.5 Å². The Bertz CT molecular complexity index is 1080. The first-order valence-corrected chi connectivity index (χ1v) is 10.1. The Kier molecular flexibility index (Phi) is 5.49. The summed E-state index contributed by atoms with van der Waals surface area (Å²) in [6, 6.07) is 0.344. The molecule has 10 heteroatoms. The Balaban J connectivity index is 1.60. The van der Waals surface area contributed by atoms with Crippen LogP contribution in [0.2, 0.25) is 0 Å². The van der Waals surface area contributed by atoms with Crippen LogP contribution in [0, 0.1) is 13.8 Å². The maximum Gasteiger partial charge on any atom is 0.263 e. The fourth-order valence-electron chi connectivity index (χ4n) is 3.54. The fourth-order valence-corrected chi connectivity index (χ4v) is 3.54. The number of rotatable bonds is 5. The van der Waals surface area contributed by atoms with Gasteiger partial charge in [0, 0.05) is 38.1 Å². The van der Waals surface area contributed by atoms with Crippen molar-refractivity contribution in [1.29, 1.82) is 0 Å². The lowest BCUT2D eigenvalue weighted by Crippen LogP contribution is -2.49. The van der Waals surface area contributed by atoms with E-state index >= 15 is 0 Å². The van der Waals surface area contributed by atoms with Crippen molar-refractivity contribution in [2.75, 3.05) is 36.5 Å². The van der Waals surface area contributed by atoms with Crippen LogP contribution in [0.4, 0.5) is 11.8 Å². The molecule has 0 radical (unpaired) electrons. The predicted molar refractivity (Wildman–Crippen MR) is 113 cm³/mol. The second-order valence-electron chi connectivity index (χ2n) is 7.40. The number of fused-ring (bicyclic) bond motifs is 1. The summed E-state index contributed by atoms with van der Waals surface area (Å²) in [5.41, 5.74) is 2.64. The number of amides is 1. The van der Waals surface area contributed by atoms with Gasteiger partial charge in [-0.2, -0.15) is 4.98 Å². The second-order valence-corrected chi connectivity index (χ2v) is 7.40. The van der Waals surface area contributed by atoms with E-state index < -0.39 is 0 Å². The highest BCUT2D eigenvalue weighted by Gasteiger charge is 2.22. The SMILES string of the molecule is CCOc1nc(N2CCNC(C)C2)ncc1C(=O)Nc1cn2cc(C)nc2c(C)n1. The summed E-state index contributed by atoms with van der Waals surface area (Å²) in [4.78, 5) is 32.8. The fraction of sp³-hybridized carbons (Fsp3) is 0.450. The number of aryl methyl sites for hydroxylation is 2. The lowest BCUT2D eigenvalue weighted by atomic mass is 10.2. The van der Waals surface area contributed by atoms with Crippen molar-refractivity contribution in [1.82, 2.24) is 29.7 Å². The first-order chi connectivity index (χ1) is 14.4. The number of carbonyl (C=O) groups is 1. The van der Waals surface area contributed by atoms with E-state index in [9.17, 15) is 4.79 Å². The second kappa shape index (κ2) is 8.23. The van der Waals surface area contributed by atoms with Gasteiger partial charge in [0.05, 0.1) is 24.2 Å². The minimum absolute atomic E-state index is 0.266. The van der Waals surface area contributed by atoms with Gasteiger partial charge < -0.3 is 24.7 Å². The number of imidazole rings is 1. The number of ether oxygens (including phenoxy) is 1. The molecule has 3 aromatic rings. The van der Waals surface area contributed by atoms with Crippen LogP contribution in [0.3, 0.4) is 0 Å². The summed E-state index contributed by atoms with van der Waals surface area (Å²) in [5.74, 6) is 0.877. The van der Waals surface area contributed by atoms with Gasteiger partial charge in [-0.15, -0.1) is 0 Å². The molecule has 158 valence electrons. The zero-order chi connectivity index (χ0) is 21.3. The summed E-state index contributed by atoms with van der Waals surface area (Å²) in [6.45, 7) is 10.6. The first kappa shape index (κ1) is 20.0. The highest BCUT2D eigenvalue weighted by molar-refractivity contribution is 6.05. The van der Waals surface area contributed by atoms with Crippen LogP contribution < -0.4 is 20.3 Å². The van der Waals surface area contributed by atoms with Crippen LogP contribution in [0.5, 0.6) is 5.88 Å². The summed E-state index contributed by atoms with van der Waals surface area (Å²) >= 11 is 0. The number of aromatic nitrogens is 5. The van der Waals surface area contributed by atoms with E-state index in [2.05, 4.69) is 42.4 Å². The summed E-state index contributed by atoms with van der Waals surface area (Å²) in [7, 11) is 0. The van der Waals surface area contributed by atoms with Crippen LogP contribution >= 0.6 is 0 Å². The molecule has 10 nitrogen and oxygen atoms in total. The molecule has 0 aliphatic carbocycles. The van der Waals surface area contributed by atoms with Crippen LogP contribution in [-0.4, -0.2) is 62.5 Å². The molecule has 1 atom stereocenters. The number of carbonyl (C=O) groups excluding carboxylic acids is 1. The molecule has 1 aliphatic heterocycles. The van der Waals surface area contributed by atoms with Crippen molar-refractivity contribution in [3.8, 4) is 5.88 Å². The van der Waals surface area contributed by atoms with Crippen LogP contribution in [0.1, 0.15) is 35.6 Å². The maximum atomic E-state index is 12.9. The third-order valence-electron chi connectivity index (χ3n) is 4.89. The van der Waals surface area contributed by atoms with Crippen molar-refractivity contribution in [3.63, 3.8) is 0 Å². The first-order valence-electron chi connectivity index (χ1n) is 10.1. The summed E-state index contributed by atoms with van der Waals surface area (Å²) in [6.07, 6.45) is 5.14. The van der Waals surface area contributed by atoms with Gasteiger partial charge in [-0.1, -0.05) is 0 Å². The molecule has 4 rings (SSSR count). The molecule has 0 saturated carbocycles. The van der Waals surface area contributed by atoms with E-state index in [1.165, 1.54) is 6.20 Å². The topological polar surface area (TPSA) is 110 Å². The molecule has 1 fully saturated rings. The van der Waals surface area contributed by atoms with E-state index in [0.29, 0.717) is 24.4 Å². The standard InChI is InChI=1S/C20H26N8O2/c1-5-30-19-15(8-22-20(26-19)27-7-6-21-12(2)9-27)18(29)25-16-11-28-10-13(3)23-17(28)14(4)24-16/h8,10-12,21H,5-7,9H2,1-4H3,(H,25,29). The maximum absolute atomic E-state index is 12.9. The van der Waals surface area contributed by atoms with Gasteiger partial charge in [0.15, 0.2) is 5.65 Å². The Morgan fingerprint density at radius 2 is 2.13 bits per heavy atom. The Labute approximate surface area is 174 Å². The molecule has 0 bridgehead atoms. The third-order valence-corrected chi connectivity index (χ3v) is 4.89. The molecule has 1 saturated heterocycles. The Morgan fingerprint density at radius 3 is 2.90 bits per heavy atom. The van der Waals surface area contributed by atoms with Gasteiger partial charge >= 0.3 is 0 Å². The summed E-state index contributed by atoms with van der Waals surface area (Å²) in [5, 5.41) is 6.21. The Hall–Kier alpha value is -3.27. The number of hydrogen-bond donors (Lipinski definition) is 2. The highest BCUT2D eigenvalue weighted by Crippen LogP contribution is 2.21. The van der Waals surface area contributed by atoms with Gasteiger partial charge in [0.2, 0.25) is 11.8 Å². The van der Waals surface area contributed by atoms with Crippen LogP contribution in [0.15, 0.2) is 18.6 Å². The van der Waals surface area contributed by atoms with E-state index in [-0.39, 0.29) is 17.4 Å². The number of hydrogen-bond acceptors (Lipinski definition) is 8. The van der Waals surface area contributed by atoms with Gasteiger partial charge in [-0.25, -0.2) is 15.0 Å². The molecule has 3 aromatic heterocycles. The molecule has 4 heterocycles. The van der Waals surface area contributed by atoms with E-state index in [1.807, 2.05) is 31.4 Å². The smallest absolute Gasteiger partial charge is 0.263 e. The number of nitrogens with zero attached hydrogens (tertiary/aromatic N) is 6. The third kappa shape index (κ3) is 4.04. The number of nitrogens with one attached hydrogen (secondary N) is 2. The minimum atomic E-state index is -0.373. The molecule has 30 heavy (non-hydrogen) atoms. The van der Waals surface area contributed by atoms with Gasteiger partial charge in [0.1, 0.15) is 11.4 Å². The van der Waals surface area contributed by atoms with Gasteiger partial charge in [-0.05, 0) is 27.7 Å². The van der Waals surface area contributed by atoms with E-state index in [4.69, 9.17) is 4.74 Å². The molecule has 2 N–H and O–H groups in total. The van der Waals surface area contributed by atoms with Crippen molar-refractivity contribution >= 4 is 23.3 Å². The van der Waals surface area contributed by atoms with Crippen molar-refractivity contribution in [2.24, 2.45) is 0 Å². The lowest BCUT2D eigenvalue weighted by Gasteiger charge is -2.32. The predicted octanol–water partition coefficient (Wildman–Crippen LogP) is 1.59. The lowest BCUT2D eigenvalue weighted by molar-refractivity contribution is 0.102. The average Bonchev–Trinajstić information content (AvgIpc) is 3.09. The largest absolute Gasteiger partial charge is 0.477 e. The summed E-state index contributed by atoms with van der Waals surface area (Å²) < 4.78 is 7.51. The molecule has 1 unspecified atom stereocenters. The highest BCUT2D eigenvalue weighted by atomic mass is 16.5. The monoisotopic (exact) mass is 410 g/mol. The van der Waals surface area contributed by atoms with E-state index in [0.717, 1.165) is 36.7 Å². The molecular formula is C20H26N8O2. The zero-order valence-corrected chi connectivity index (χ0v) is 17.6. The van der Waals surface area contributed by atoms with Gasteiger partial charge in [-0.3, -0.25) is 4.79 Å². The van der Waals surface area contributed by atoms with E-state index in [1.54, 1.807) is 6.20 Å². The molecule has 1 aliphatic rings. The molecule has 0 spiro atoms. The quantitative estimate of drug-likeness (QED) is 0.653. The minimum Gasteiger partial charge on any atom is -0.477 e. The normalized spacial score (nSPS) is 16.7. The van der Waals surface area contributed by atoms with Crippen LogP contribution in [-0.2, 0) is 0 Å². The molecule has 0 aromatic carbocycles. The average molecular weight is 410 g/mol. The molecular weight excluding hydrogens is 384 g/mol. The number of anilines is 2. The zero-order valence-electron chi connectivity index (χ0n) is 17.6. The Morgan fingerprint density at radius 1 is 1.30 bits per heavy atom. The van der Waals surface area contributed by atoms with Crippen molar-refractivity contribution in [2.45, 2.75) is 33.7 Å². The van der Waals surface area contributed by atoms with Gasteiger partial charge in [0.25, 0.3) is 5.91 Å². The molecule has 1 amide bonds. The number of piperazine rings is 1.